The molecule has 0 unspecified atom stereocenters. The van der Waals surface area contributed by atoms with Crippen LogP contribution < -0.4 is 5.32 Å². The van der Waals surface area contributed by atoms with E-state index in [0.717, 1.165) is 10.9 Å². The number of nitrogens with zero attached hydrogens (tertiary/aromatic N) is 1. The molecule has 0 aliphatic rings. The van der Waals surface area contributed by atoms with E-state index in [4.69, 9.17) is 0 Å². The third kappa shape index (κ3) is 6.46. The Balaban J connectivity index is 1.83. The van der Waals surface area contributed by atoms with Gasteiger partial charge in [-0.05, 0) is 18.4 Å². The highest BCUT2D eigenvalue weighted by Crippen LogP contribution is 2.31. The molecule has 0 aliphatic carbocycles. The Morgan fingerprint density at radius 1 is 1.20 bits per heavy atom. The minimum Gasteiger partial charge on any atom is -0.301 e. The highest BCUT2D eigenvalue weighted by atomic mass is 32.2. The monoisotopic (exact) mass is 392 g/mol. The SMILES string of the molecule is O=C(CS(=O)(=O)CCCc1ccccc1)Nc1nc(C(F)(F)F)cs1. The smallest absolute Gasteiger partial charge is 0.301 e. The summed E-state index contributed by atoms with van der Waals surface area (Å²) < 4.78 is 61.1. The van der Waals surface area contributed by atoms with Crippen LogP contribution in [0.2, 0.25) is 0 Å². The van der Waals surface area contributed by atoms with E-state index >= 15 is 0 Å². The van der Waals surface area contributed by atoms with Crippen LogP contribution in [0.15, 0.2) is 35.7 Å². The quantitative estimate of drug-likeness (QED) is 0.785. The van der Waals surface area contributed by atoms with Gasteiger partial charge < -0.3 is 5.32 Å². The maximum absolute atomic E-state index is 12.4. The fourth-order valence-electron chi connectivity index (χ4n) is 2.03. The van der Waals surface area contributed by atoms with Gasteiger partial charge in [0.15, 0.2) is 20.7 Å². The Hall–Kier alpha value is -1.94. The molecule has 0 saturated heterocycles. The number of amides is 1. The first-order valence-corrected chi connectivity index (χ1v) is 9.93. The van der Waals surface area contributed by atoms with E-state index in [2.05, 4.69) is 10.3 Å². The van der Waals surface area contributed by atoms with Crippen LogP contribution in [-0.4, -0.2) is 30.8 Å². The van der Waals surface area contributed by atoms with E-state index in [9.17, 15) is 26.4 Å². The van der Waals surface area contributed by atoms with E-state index in [1.165, 1.54) is 0 Å². The number of carbonyl (C=O) groups is 1. The third-order valence-corrected chi connectivity index (χ3v) is 5.53. The lowest BCUT2D eigenvalue weighted by Gasteiger charge is -2.05. The second-order valence-electron chi connectivity index (χ2n) is 5.27. The van der Waals surface area contributed by atoms with Gasteiger partial charge >= 0.3 is 6.18 Å². The Labute approximate surface area is 146 Å². The van der Waals surface area contributed by atoms with E-state index in [1.807, 2.05) is 30.3 Å². The van der Waals surface area contributed by atoms with Gasteiger partial charge in [-0.2, -0.15) is 13.2 Å². The summed E-state index contributed by atoms with van der Waals surface area (Å²) in [6, 6.07) is 9.30. The number of nitrogens with one attached hydrogen (secondary N) is 1. The van der Waals surface area contributed by atoms with Gasteiger partial charge in [0.05, 0.1) is 5.75 Å². The van der Waals surface area contributed by atoms with Crippen molar-refractivity contribution in [2.24, 2.45) is 0 Å². The van der Waals surface area contributed by atoms with Gasteiger partial charge in [0, 0.05) is 5.38 Å². The number of anilines is 1. The predicted molar refractivity (Wildman–Crippen MR) is 89.2 cm³/mol. The Kier molecular flexibility index (Phi) is 6.17. The minimum absolute atomic E-state index is 0.180. The summed E-state index contributed by atoms with van der Waals surface area (Å²) in [5, 5.41) is 2.56. The lowest BCUT2D eigenvalue weighted by Crippen LogP contribution is -2.25. The van der Waals surface area contributed by atoms with Gasteiger partial charge in [0.2, 0.25) is 5.91 Å². The molecule has 0 saturated carbocycles. The average Bonchev–Trinajstić information content (AvgIpc) is 2.96. The maximum atomic E-state index is 12.4. The summed E-state index contributed by atoms with van der Waals surface area (Å²) >= 11 is 0.588. The Morgan fingerprint density at radius 3 is 2.48 bits per heavy atom. The molecule has 1 N–H and O–H groups in total. The normalized spacial score (nSPS) is 12.1. The average molecular weight is 392 g/mol. The van der Waals surface area contributed by atoms with E-state index < -0.39 is 33.4 Å². The second kappa shape index (κ2) is 7.96. The lowest BCUT2D eigenvalue weighted by atomic mass is 10.1. The first kappa shape index (κ1) is 19.4. The highest BCUT2D eigenvalue weighted by Gasteiger charge is 2.34. The van der Waals surface area contributed by atoms with Crippen LogP contribution in [0.4, 0.5) is 18.3 Å². The molecule has 2 rings (SSSR count). The number of thiazole rings is 1. The van der Waals surface area contributed by atoms with Crippen molar-refractivity contribution in [3.05, 3.63) is 47.0 Å². The van der Waals surface area contributed by atoms with Gasteiger partial charge in [0.25, 0.3) is 0 Å². The molecule has 2 aromatic rings. The Bertz CT molecular complexity index is 818. The summed E-state index contributed by atoms with van der Waals surface area (Å²) in [5.74, 6) is -1.87. The number of alkyl halides is 3. The molecule has 0 fully saturated rings. The third-order valence-electron chi connectivity index (χ3n) is 3.16. The van der Waals surface area contributed by atoms with Crippen LogP contribution in [0.1, 0.15) is 17.7 Å². The lowest BCUT2D eigenvalue weighted by molar-refractivity contribution is -0.140. The zero-order chi connectivity index (χ0) is 18.5. The zero-order valence-corrected chi connectivity index (χ0v) is 14.5. The van der Waals surface area contributed by atoms with Crippen molar-refractivity contribution in [1.29, 1.82) is 0 Å². The molecule has 0 atom stereocenters. The minimum atomic E-state index is -4.61. The molecule has 1 heterocycles. The molecule has 0 spiro atoms. The fraction of sp³-hybridized carbons (Fsp3) is 0.333. The summed E-state index contributed by atoms with van der Waals surface area (Å²) in [6.07, 6.45) is -3.69. The molecule has 1 amide bonds. The largest absolute Gasteiger partial charge is 0.434 e. The number of aryl methyl sites for hydroxylation is 1. The molecule has 0 aliphatic heterocycles. The van der Waals surface area contributed by atoms with Gasteiger partial charge in [-0.3, -0.25) is 4.79 Å². The van der Waals surface area contributed by atoms with Crippen LogP contribution in [0.3, 0.4) is 0 Å². The molecule has 0 radical (unpaired) electrons. The second-order valence-corrected chi connectivity index (χ2v) is 8.31. The summed E-state index contributed by atoms with van der Waals surface area (Å²) in [6.45, 7) is 0. The maximum Gasteiger partial charge on any atom is 0.434 e. The van der Waals surface area contributed by atoms with E-state index in [0.29, 0.717) is 24.2 Å². The highest BCUT2D eigenvalue weighted by molar-refractivity contribution is 7.92. The van der Waals surface area contributed by atoms with Crippen molar-refractivity contribution in [3.8, 4) is 0 Å². The van der Waals surface area contributed by atoms with Gasteiger partial charge in [-0.15, -0.1) is 11.3 Å². The van der Waals surface area contributed by atoms with Crippen LogP contribution in [0.25, 0.3) is 0 Å². The van der Waals surface area contributed by atoms with Crippen LogP contribution in [0.5, 0.6) is 0 Å². The molecule has 136 valence electrons. The van der Waals surface area contributed by atoms with Crippen molar-refractivity contribution in [2.45, 2.75) is 19.0 Å². The van der Waals surface area contributed by atoms with Crippen molar-refractivity contribution in [1.82, 2.24) is 4.98 Å². The first-order valence-electron chi connectivity index (χ1n) is 7.23. The van der Waals surface area contributed by atoms with Gasteiger partial charge in [0.1, 0.15) is 5.75 Å². The predicted octanol–water partition coefficient (Wildman–Crippen LogP) is 3.15. The number of benzene rings is 1. The van der Waals surface area contributed by atoms with Crippen LogP contribution >= 0.6 is 11.3 Å². The fourth-order valence-corrected chi connectivity index (χ4v) is 3.96. The number of sulfone groups is 1. The number of carbonyl (C=O) groups excluding carboxylic acids is 1. The molecular formula is C15H15F3N2O3S2. The van der Waals surface area contributed by atoms with Crippen molar-refractivity contribution >= 4 is 32.2 Å². The summed E-state index contributed by atoms with van der Waals surface area (Å²) in [5.41, 5.74) is -0.136. The van der Waals surface area contributed by atoms with Crippen LogP contribution in [0, 0.1) is 0 Å². The van der Waals surface area contributed by atoms with Crippen molar-refractivity contribution in [3.63, 3.8) is 0 Å². The summed E-state index contributed by atoms with van der Waals surface area (Å²) in [7, 11) is -3.65. The van der Waals surface area contributed by atoms with E-state index in [-0.39, 0.29) is 10.9 Å². The molecule has 1 aromatic carbocycles. The number of aromatic nitrogens is 1. The van der Waals surface area contributed by atoms with Crippen molar-refractivity contribution < 1.29 is 26.4 Å². The molecule has 25 heavy (non-hydrogen) atoms. The molecule has 1 aromatic heterocycles. The molecular weight excluding hydrogens is 377 g/mol. The standard InChI is InChI=1S/C15H15F3N2O3S2/c16-15(17,18)12-9-24-14(19-12)20-13(21)10-25(22,23)8-4-7-11-5-2-1-3-6-11/h1-3,5-6,9H,4,7-8,10H2,(H,19,20,21). The van der Waals surface area contributed by atoms with Crippen LogP contribution in [-0.2, 0) is 27.2 Å². The topological polar surface area (TPSA) is 76.1 Å². The van der Waals surface area contributed by atoms with E-state index in [1.54, 1.807) is 0 Å². The molecule has 10 heteroatoms. The molecule has 0 bridgehead atoms. The van der Waals surface area contributed by atoms with Gasteiger partial charge in [-0.1, -0.05) is 30.3 Å². The number of hydrogen-bond donors (Lipinski definition) is 1. The van der Waals surface area contributed by atoms with Gasteiger partial charge in [-0.25, -0.2) is 13.4 Å². The number of hydrogen-bond acceptors (Lipinski definition) is 5. The first-order chi connectivity index (χ1) is 11.7. The Morgan fingerprint density at radius 2 is 1.88 bits per heavy atom. The zero-order valence-electron chi connectivity index (χ0n) is 12.9. The molecule has 5 nitrogen and oxygen atoms in total. The van der Waals surface area contributed by atoms with Crippen molar-refractivity contribution in [2.75, 3.05) is 16.8 Å². The summed E-state index contributed by atoms with van der Waals surface area (Å²) in [4.78, 5) is 14.9. The number of rotatable bonds is 7. The number of halogens is 3.